The van der Waals surface area contributed by atoms with E-state index in [9.17, 15) is 19.8 Å². The van der Waals surface area contributed by atoms with Gasteiger partial charge in [0, 0.05) is 30.1 Å². The molecular weight excluding hydrogens is 408 g/mol. The lowest BCUT2D eigenvalue weighted by Crippen LogP contribution is -2.58. The third-order valence-corrected chi connectivity index (χ3v) is 6.92. The number of rotatable bonds is 7. The van der Waals surface area contributed by atoms with Crippen LogP contribution < -0.4 is 10.1 Å². The third-order valence-electron chi connectivity index (χ3n) is 6.92. The third kappa shape index (κ3) is 4.28. The molecule has 32 heavy (non-hydrogen) atoms. The standard InChI is InChI=1S/C25H34N2O5/c1-2-8-21(29)27(16-9-4-3-5-10-16)19-15-18(25(31)26-13-14-28)22-17-11-6-7-12-20(17)32-24(22)23(19)30/h6-7,11-12,15-16,19,22-24,28,30H,2-5,8-10,13-14H2,1H3,(H,26,31). The summed E-state index contributed by atoms with van der Waals surface area (Å²) in [7, 11) is 0. The molecule has 0 bridgehead atoms. The number of amides is 2. The summed E-state index contributed by atoms with van der Waals surface area (Å²) in [5, 5.41) is 23.4. The van der Waals surface area contributed by atoms with Crippen molar-refractivity contribution in [2.75, 3.05) is 13.2 Å². The van der Waals surface area contributed by atoms with E-state index >= 15 is 0 Å². The van der Waals surface area contributed by atoms with Gasteiger partial charge in [0.05, 0.1) is 18.6 Å². The molecular formula is C25H34N2O5. The molecule has 2 amide bonds. The fourth-order valence-corrected chi connectivity index (χ4v) is 5.48. The van der Waals surface area contributed by atoms with Crippen LogP contribution in [-0.2, 0) is 9.59 Å². The Balaban J connectivity index is 1.74. The van der Waals surface area contributed by atoms with Gasteiger partial charge in [-0.25, -0.2) is 0 Å². The molecule has 0 radical (unpaired) electrons. The Bertz CT molecular complexity index is 864. The molecule has 1 aliphatic heterocycles. The normalized spacial score (nSPS) is 27.0. The van der Waals surface area contributed by atoms with E-state index in [1.54, 1.807) is 6.08 Å². The number of fused-ring (bicyclic) bond motifs is 3. The minimum Gasteiger partial charge on any atom is -0.486 e. The summed E-state index contributed by atoms with van der Waals surface area (Å²) in [5.41, 5.74) is 1.36. The van der Waals surface area contributed by atoms with Crippen molar-refractivity contribution < 1.29 is 24.5 Å². The van der Waals surface area contributed by atoms with E-state index in [1.807, 2.05) is 36.1 Å². The lowest BCUT2D eigenvalue weighted by atomic mass is 9.76. The molecule has 1 fully saturated rings. The van der Waals surface area contributed by atoms with E-state index in [4.69, 9.17) is 4.74 Å². The molecule has 0 saturated heterocycles. The molecule has 1 saturated carbocycles. The van der Waals surface area contributed by atoms with Gasteiger partial charge in [-0.15, -0.1) is 0 Å². The van der Waals surface area contributed by atoms with Gasteiger partial charge in [-0.3, -0.25) is 9.59 Å². The zero-order chi connectivity index (χ0) is 22.7. The van der Waals surface area contributed by atoms with Crippen LogP contribution in [0.5, 0.6) is 5.75 Å². The summed E-state index contributed by atoms with van der Waals surface area (Å²) in [6, 6.07) is 6.96. The summed E-state index contributed by atoms with van der Waals surface area (Å²) in [6.45, 7) is 1.96. The van der Waals surface area contributed by atoms with Crippen LogP contribution in [0.4, 0.5) is 0 Å². The number of nitrogens with zero attached hydrogens (tertiary/aromatic N) is 1. The molecule has 7 heteroatoms. The molecule has 1 aromatic rings. The Morgan fingerprint density at radius 2 is 1.94 bits per heavy atom. The number of hydrogen-bond donors (Lipinski definition) is 3. The first kappa shape index (κ1) is 22.8. The van der Waals surface area contributed by atoms with E-state index < -0.39 is 24.2 Å². The molecule has 3 aliphatic rings. The van der Waals surface area contributed by atoms with E-state index in [1.165, 1.54) is 0 Å². The summed E-state index contributed by atoms with van der Waals surface area (Å²) in [4.78, 5) is 28.2. The molecule has 3 N–H and O–H groups in total. The Kier molecular flexibility index (Phi) is 7.16. The average molecular weight is 443 g/mol. The van der Waals surface area contributed by atoms with E-state index in [0.717, 1.165) is 44.1 Å². The Labute approximate surface area is 189 Å². The van der Waals surface area contributed by atoms with Gasteiger partial charge in [0.1, 0.15) is 18.0 Å². The number of carbonyl (C=O) groups is 2. The number of carbonyl (C=O) groups excluding carboxylic acids is 2. The van der Waals surface area contributed by atoms with Gasteiger partial charge < -0.3 is 25.2 Å². The van der Waals surface area contributed by atoms with Crippen LogP contribution in [0.2, 0.25) is 0 Å². The molecule has 0 spiro atoms. The molecule has 4 rings (SSSR count). The van der Waals surface area contributed by atoms with Crippen molar-refractivity contribution in [1.82, 2.24) is 10.2 Å². The van der Waals surface area contributed by atoms with Crippen LogP contribution in [0.25, 0.3) is 0 Å². The topological polar surface area (TPSA) is 99.1 Å². The molecule has 1 heterocycles. The SMILES string of the molecule is CCCC(=O)N(C1CCCCC1)C1C=C(C(=O)NCCO)C2c3ccccc3OC2C1O. The summed E-state index contributed by atoms with van der Waals surface area (Å²) >= 11 is 0. The van der Waals surface area contributed by atoms with E-state index in [0.29, 0.717) is 17.7 Å². The molecule has 4 atom stereocenters. The Morgan fingerprint density at radius 1 is 1.19 bits per heavy atom. The van der Waals surface area contributed by atoms with Crippen molar-refractivity contribution in [1.29, 1.82) is 0 Å². The number of nitrogens with one attached hydrogen (secondary N) is 1. The molecule has 4 unspecified atom stereocenters. The zero-order valence-electron chi connectivity index (χ0n) is 18.7. The predicted octanol–water partition coefficient (Wildman–Crippen LogP) is 2.27. The van der Waals surface area contributed by atoms with Crippen molar-refractivity contribution in [2.45, 2.75) is 82.1 Å². The first-order valence-corrected chi connectivity index (χ1v) is 11.9. The Hall–Kier alpha value is -2.38. The summed E-state index contributed by atoms with van der Waals surface area (Å²) in [5.74, 6) is -0.0284. The van der Waals surface area contributed by atoms with Crippen LogP contribution in [0.15, 0.2) is 35.9 Å². The minimum atomic E-state index is -0.940. The highest BCUT2D eigenvalue weighted by Crippen LogP contribution is 2.47. The second-order valence-electron chi connectivity index (χ2n) is 9.02. The largest absolute Gasteiger partial charge is 0.486 e. The highest BCUT2D eigenvalue weighted by Gasteiger charge is 2.51. The molecule has 7 nitrogen and oxygen atoms in total. The lowest BCUT2D eigenvalue weighted by molar-refractivity contribution is -0.141. The smallest absolute Gasteiger partial charge is 0.247 e. The van der Waals surface area contributed by atoms with E-state index in [-0.39, 0.29) is 31.0 Å². The quantitative estimate of drug-likeness (QED) is 0.602. The van der Waals surface area contributed by atoms with Crippen molar-refractivity contribution in [2.24, 2.45) is 0 Å². The number of aliphatic hydroxyl groups is 2. The molecule has 174 valence electrons. The van der Waals surface area contributed by atoms with Crippen molar-refractivity contribution >= 4 is 11.8 Å². The number of ether oxygens (including phenoxy) is 1. The number of hydrogen-bond acceptors (Lipinski definition) is 5. The van der Waals surface area contributed by atoms with Crippen molar-refractivity contribution in [3.8, 4) is 5.75 Å². The van der Waals surface area contributed by atoms with Gasteiger partial charge in [0.15, 0.2) is 0 Å². The predicted molar refractivity (Wildman–Crippen MR) is 120 cm³/mol. The number of aliphatic hydroxyl groups excluding tert-OH is 2. The lowest BCUT2D eigenvalue weighted by Gasteiger charge is -2.45. The van der Waals surface area contributed by atoms with Crippen LogP contribution in [0.1, 0.15) is 63.4 Å². The van der Waals surface area contributed by atoms with E-state index in [2.05, 4.69) is 5.32 Å². The van der Waals surface area contributed by atoms with Crippen molar-refractivity contribution in [3.05, 3.63) is 41.5 Å². The van der Waals surface area contributed by atoms with Crippen LogP contribution in [-0.4, -0.2) is 64.4 Å². The number of benzene rings is 1. The molecule has 0 aromatic heterocycles. The highest BCUT2D eigenvalue weighted by atomic mass is 16.5. The van der Waals surface area contributed by atoms with Crippen molar-refractivity contribution in [3.63, 3.8) is 0 Å². The highest BCUT2D eigenvalue weighted by molar-refractivity contribution is 5.96. The molecule has 1 aromatic carbocycles. The fraction of sp³-hybridized carbons (Fsp3) is 0.600. The van der Waals surface area contributed by atoms with Gasteiger partial charge in [-0.1, -0.05) is 44.4 Å². The Morgan fingerprint density at radius 3 is 2.66 bits per heavy atom. The maximum Gasteiger partial charge on any atom is 0.247 e. The first-order chi connectivity index (χ1) is 15.6. The first-order valence-electron chi connectivity index (χ1n) is 11.9. The maximum absolute atomic E-state index is 13.3. The van der Waals surface area contributed by atoms with Gasteiger partial charge >= 0.3 is 0 Å². The second-order valence-corrected chi connectivity index (χ2v) is 9.02. The number of para-hydroxylation sites is 1. The van der Waals surface area contributed by atoms with Crippen LogP contribution >= 0.6 is 0 Å². The average Bonchev–Trinajstić information content (AvgIpc) is 3.20. The summed E-state index contributed by atoms with van der Waals surface area (Å²) in [6.07, 6.45) is 6.44. The maximum atomic E-state index is 13.3. The van der Waals surface area contributed by atoms with Gasteiger partial charge in [-0.2, -0.15) is 0 Å². The monoisotopic (exact) mass is 442 g/mol. The van der Waals surface area contributed by atoms with Gasteiger partial charge in [-0.05, 0) is 31.4 Å². The fourth-order valence-electron chi connectivity index (χ4n) is 5.48. The van der Waals surface area contributed by atoms with Crippen LogP contribution in [0.3, 0.4) is 0 Å². The molecule has 2 aliphatic carbocycles. The van der Waals surface area contributed by atoms with Gasteiger partial charge in [0.2, 0.25) is 11.8 Å². The minimum absolute atomic E-state index is 0.0174. The van der Waals surface area contributed by atoms with Gasteiger partial charge in [0.25, 0.3) is 0 Å². The summed E-state index contributed by atoms with van der Waals surface area (Å²) < 4.78 is 6.16. The van der Waals surface area contributed by atoms with Crippen LogP contribution in [0, 0.1) is 0 Å². The second kappa shape index (κ2) is 10.0. The zero-order valence-corrected chi connectivity index (χ0v) is 18.7.